The Balaban J connectivity index is 0.00000320. The average Bonchev–Trinajstić information content (AvgIpc) is 2.74. The summed E-state index contributed by atoms with van der Waals surface area (Å²) in [5, 5.41) is 12.2. The molecule has 3 rings (SSSR count). The minimum atomic E-state index is -0.936. The first kappa shape index (κ1) is 23.2. The monoisotopic (exact) mass is 431 g/mol. The van der Waals surface area contributed by atoms with E-state index in [0.717, 1.165) is 11.1 Å². The van der Waals surface area contributed by atoms with Gasteiger partial charge in [-0.1, -0.05) is 36.4 Å². The molecule has 0 atom stereocenters. The first-order valence-electron chi connectivity index (χ1n) is 9.13. The topological polar surface area (TPSA) is 67.8 Å². The second-order valence-corrected chi connectivity index (χ2v) is 6.47. The number of carbonyl (C=O) groups is 1. The van der Waals surface area contributed by atoms with Gasteiger partial charge in [0.25, 0.3) is 0 Å². The number of nitrogens with one attached hydrogen (secondary N) is 1. The number of rotatable bonds is 9. The molecular formula is C23H23ClFNO4. The molecule has 7 heteroatoms. The van der Waals surface area contributed by atoms with Crippen LogP contribution in [0.1, 0.15) is 27.0 Å². The molecule has 0 saturated carbocycles. The number of ether oxygens (including phenoxy) is 2. The van der Waals surface area contributed by atoms with Crippen molar-refractivity contribution >= 4 is 18.4 Å². The molecule has 5 nitrogen and oxygen atoms in total. The van der Waals surface area contributed by atoms with Gasteiger partial charge >= 0.3 is 5.97 Å². The van der Waals surface area contributed by atoms with Gasteiger partial charge in [0.2, 0.25) is 0 Å². The normalized spacial score (nSPS) is 10.2. The van der Waals surface area contributed by atoms with Crippen molar-refractivity contribution in [1.29, 1.82) is 0 Å². The number of halogens is 2. The summed E-state index contributed by atoms with van der Waals surface area (Å²) < 4.78 is 24.9. The molecule has 0 saturated heterocycles. The Morgan fingerprint density at radius 1 is 0.967 bits per heavy atom. The fraction of sp³-hybridized carbons (Fsp3) is 0.174. The van der Waals surface area contributed by atoms with Gasteiger partial charge in [0.1, 0.15) is 12.4 Å². The number of methoxy groups -OCH3 is 1. The van der Waals surface area contributed by atoms with Crippen molar-refractivity contribution in [3.8, 4) is 11.5 Å². The van der Waals surface area contributed by atoms with E-state index in [1.807, 2.05) is 12.1 Å². The van der Waals surface area contributed by atoms with Crippen molar-refractivity contribution in [3.63, 3.8) is 0 Å². The Morgan fingerprint density at radius 2 is 1.63 bits per heavy atom. The highest BCUT2D eigenvalue weighted by atomic mass is 35.5. The lowest BCUT2D eigenvalue weighted by molar-refractivity contribution is 0.0697. The van der Waals surface area contributed by atoms with Crippen LogP contribution in [0.3, 0.4) is 0 Å². The molecule has 158 valence electrons. The van der Waals surface area contributed by atoms with Crippen LogP contribution >= 0.6 is 12.4 Å². The van der Waals surface area contributed by atoms with Gasteiger partial charge in [0, 0.05) is 18.7 Å². The van der Waals surface area contributed by atoms with E-state index >= 15 is 0 Å². The Labute approximate surface area is 180 Å². The molecular weight excluding hydrogens is 409 g/mol. The van der Waals surface area contributed by atoms with E-state index in [4.69, 9.17) is 14.6 Å². The number of carboxylic acid groups (broad SMARTS) is 1. The zero-order chi connectivity index (χ0) is 20.6. The molecule has 3 aromatic carbocycles. The predicted molar refractivity (Wildman–Crippen MR) is 115 cm³/mol. The Hall–Kier alpha value is -3.09. The van der Waals surface area contributed by atoms with Crippen LogP contribution in [0.25, 0.3) is 0 Å². The summed E-state index contributed by atoms with van der Waals surface area (Å²) in [6.45, 7) is 1.32. The summed E-state index contributed by atoms with van der Waals surface area (Å²) in [4.78, 5) is 10.9. The standard InChI is InChI=1S/C23H22FNO4.ClH/c1-28-22-12-17(14-25-13-16-6-9-18(10-7-16)23(26)27)8-11-21(22)29-15-19-4-2-3-5-20(19)24;/h2-12,25H,13-15H2,1H3,(H,26,27);1H. The van der Waals surface area contributed by atoms with Crippen LogP contribution in [0, 0.1) is 5.82 Å². The molecule has 0 aliphatic heterocycles. The molecule has 0 spiro atoms. The Kier molecular flexibility index (Phi) is 8.65. The van der Waals surface area contributed by atoms with Crippen LogP contribution in [-0.2, 0) is 19.7 Å². The highest BCUT2D eigenvalue weighted by Gasteiger charge is 2.08. The van der Waals surface area contributed by atoms with E-state index in [1.165, 1.54) is 6.07 Å². The smallest absolute Gasteiger partial charge is 0.335 e. The number of hydrogen-bond acceptors (Lipinski definition) is 4. The second kappa shape index (κ2) is 11.2. The highest BCUT2D eigenvalue weighted by molar-refractivity contribution is 5.87. The highest BCUT2D eigenvalue weighted by Crippen LogP contribution is 2.29. The first-order chi connectivity index (χ1) is 14.1. The number of carboxylic acids is 1. The fourth-order valence-corrected chi connectivity index (χ4v) is 2.83. The fourth-order valence-electron chi connectivity index (χ4n) is 2.83. The summed E-state index contributed by atoms with van der Waals surface area (Å²) in [5.74, 6) is -0.118. The van der Waals surface area contributed by atoms with Crippen molar-refractivity contribution in [2.24, 2.45) is 0 Å². The van der Waals surface area contributed by atoms with Crippen LogP contribution in [0.5, 0.6) is 11.5 Å². The third kappa shape index (κ3) is 6.20. The molecule has 0 amide bonds. The lowest BCUT2D eigenvalue weighted by Gasteiger charge is -2.13. The van der Waals surface area contributed by atoms with E-state index in [-0.39, 0.29) is 30.4 Å². The molecule has 0 radical (unpaired) electrons. The maximum atomic E-state index is 13.7. The van der Waals surface area contributed by atoms with Gasteiger partial charge < -0.3 is 19.9 Å². The molecule has 0 aliphatic carbocycles. The van der Waals surface area contributed by atoms with Crippen molar-refractivity contribution in [3.05, 3.63) is 94.8 Å². The van der Waals surface area contributed by atoms with Crippen molar-refractivity contribution in [1.82, 2.24) is 5.32 Å². The van der Waals surface area contributed by atoms with Crippen molar-refractivity contribution in [2.75, 3.05) is 7.11 Å². The van der Waals surface area contributed by atoms with E-state index in [2.05, 4.69) is 5.32 Å². The van der Waals surface area contributed by atoms with Gasteiger partial charge in [-0.25, -0.2) is 9.18 Å². The molecule has 0 unspecified atom stereocenters. The van der Waals surface area contributed by atoms with Crippen LogP contribution in [-0.4, -0.2) is 18.2 Å². The lowest BCUT2D eigenvalue weighted by Crippen LogP contribution is -2.13. The average molecular weight is 432 g/mol. The lowest BCUT2D eigenvalue weighted by atomic mass is 10.1. The van der Waals surface area contributed by atoms with Gasteiger partial charge in [0.05, 0.1) is 12.7 Å². The maximum absolute atomic E-state index is 13.7. The molecule has 0 heterocycles. The minimum absolute atomic E-state index is 0. The summed E-state index contributed by atoms with van der Waals surface area (Å²) in [6, 6.07) is 18.8. The van der Waals surface area contributed by atoms with E-state index in [1.54, 1.807) is 55.6 Å². The molecule has 0 bridgehead atoms. The third-order valence-corrected chi connectivity index (χ3v) is 4.43. The van der Waals surface area contributed by atoms with Gasteiger partial charge in [-0.05, 0) is 41.5 Å². The number of hydrogen-bond donors (Lipinski definition) is 2. The third-order valence-electron chi connectivity index (χ3n) is 4.43. The number of aromatic carboxylic acids is 1. The van der Waals surface area contributed by atoms with Crippen LogP contribution in [0.2, 0.25) is 0 Å². The van der Waals surface area contributed by atoms with E-state index < -0.39 is 5.97 Å². The molecule has 0 aromatic heterocycles. The summed E-state index contributed by atoms with van der Waals surface area (Å²) >= 11 is 0. The second-order valence-electron chi connectivity index (χ2n) is 6.47. The zero-order valence-corrected chi connectivity index (χ0v) is 17.2. The van der Waals surface area contributed by atoms with Gasteiger partial charge in [-0.15, -0.1) is 12.4 Å². The molecule has 2 N–H and O–H groups in total. The van der Waals surface area contributed by atoms with Crippen molar-refractivity contribution in [2.45, 2.75) is 19.7 Å². The SMILES string of the molecule is COc1cc(CNCc2ccc(C(=O)O)cc2)ccc1OCc1ccccc1F.Cl. The van der Waals surface area contributed by atoms with Crippen LogP contribution in [0.4, 0.5) is 4.39 Å². The van der Waals surface area contributed by atoms with Crippen LogP contribution in [0.15, 0.2) is 66.7 Å². The molecule has 0 fully saturated rings. The van der Waals surface area contributed by atoms with Crippen molar-refractivity contribution < 1.29 is 23.8 Å². The summed E-state index contributed by atoms with van der Waals surface area (Å²) in [6.07, 6.45) is 0. The molecule has 30 heavy (non-hydrogen) atoms. The number of benzene rings is 3. The van der Waals surface area contributed by atoms with Gasteiger partial charge in [0.15, 0.2) is 11.5 Å². The maximum Gasteiger partial charge on any atom is 0.335 e. The Morgan fingerprint density at radius 3 is 2.30 bits per heavy atom. The predicted octanol–water partition coefficient (Wildman–Crippen LogP) is 4.82. The quantitative estimate of drug-likeness (QED) is 0.508. The summed E-state index contributed by atoms with van der Waals surface area (Å²) in [5.41, 5.74) is 2.74. The largest absolute Gasteiger partial charge is 0.493 e. The molecule has 0 aliphatic rings. The summed E-state index contributed by atoms with van der Waals surface area (Å²) in [7, 11) is 1.56. The Bertz CT molecular complexity index is 979. The zero-order valence-electron chi connectivity index (χ0n) is 16.4. The van der Waals surface area contributed by atoms with Gasteiger partial charge in [-0.2, -0.15) is 0 Å². The van der Waals surface area contributed by atoms with E-state index in [9.17, 15) is 9.18 Å². The first-order valence-corrected chi connectivity index (χ1v) is 9.13. The molecule has 3 aromatic rings. The van der Waals surface area contributed by atoms with E-state index in [0.29, 0.717) is 30.2 Å². The van der Waals surface area contributed by atoms with Gasteiger partial charge in [-0.3, -0.25) is 0 Å². The van der Waals surface area contributed by atoms with Crippen LogP contribution < -0.4 is 14.8 Å². The minimum Gasteiger partial charge on any atom is -0.493 e.